The van der Waals surface area contributed by atoms with Crippen LogP contribution in [-0.4, -0.2) is 21.3 Å². The predicted octanol–water partition coefficient (Wildman–Crippen LogP) is 2.46. The van der Waals surface area contributed by atoms with E-state index in [1.165, 1.54) is 0 Å². The molecule has 16 heavy (non-hydrogen) atoms. The van der Waals surface area contributed by atoms with Crippen molar-refractivity contribution in [1.82, 2.24) is 0 Å². The van der Waals surface area contributed by atoms with Crippen molar-refractivity contribution in [3.05, 3.63) is 34.3 Å². The Balaban J connectivity index is 2.11. The molecule has 0 N–H and O–H groups in total. The molecule has 0 radical (unpaired) electrons. The fourth-order valence-corrected chi connectivity index (χ4v) is 2.39. The highest BCUT2D eigenvalue weighted by molar-refractivity contribution is 9.10. The molecule has 0 saturated heterocycles. The van der Waals surface area contributed by atoms with Crippen LogP contribution in [0.15, 0.2) is 28.7 Å². The zero-order valence-electron chi connectivity index (χ0n) is 8.94. The Morgan fingerprint density at radius 1 is 1.31 bits per heavy atom. The lowest BCUT2D eigenvalue weighted by molar-refractivity contribution is 0.285. The van der Waals surface area contributed by atoms with Crippen LogP contribution in [0.1, 0.15) is 18.4 Å². The minimum atomic E-state index is -3.34. The van der Waals surface area contributed by atoms with Crippen LogP contribution in [0, 0.1) is 0 Å². The fourth-order valence-electron chi connectivity index (χ4n) is 1.69. The largest absolute Gasteiger partial charge is 0.269 e. The summed E-state index contributed by atoms with van der Waals surface area (Å²) in [5.41, 5.74) is 1.07. The predicted molar refractivity (Wildman–Crippen MR) is 65.8 cm³/mol. The molecule has 0 amide bonds. The Kier molecular flexibility index (Phi) is 3.11. The van der Waals surface area contributed by atoms with Gasteiger partial charge in [-0.25, -0.2) is 0 Å². The van der Waals surface area contributed by atoms with Gasteiger partial charge in [0.1, 0.15) is 0 Å². The number of halogens is 1. The first-order valence-electron chi connectivity index (χ1n) is 5.02. The molecule has 1 aromatic carbocycles. The van der Waals surface area contributed by atoms with Crippen LogP contribution in [0.4, 0.5) is 0 Å². The maximum Gasteiger partial charge on any atom is 0.264 e. The quantitative estimate of drug-likeness (QED) is 0.803. The highest BCUT2D eigenvalue weighted by Gasteiger charge is 2.45. The maximum absolute atomic E-state index is 11.0. The van der Waals surface area contributed by atoms with Gasteiger partial charge in [-0.05, 0) is 30.5 Å². The number of benzene rings is 1. The Labute approximate surface area is 104 Å². The third-order valence-corrected chi connectivity index (χ3v) is 3.93. The fraction of sp³-hybridized carbons (Fsp3) is 0.455. The van der Waals surface area contributed by atoms with Crippen LogP contribution in [0.5, 0.6) is 0 Å². The van der Waals surface area contributed by atoms with E-state index in [-0.39, 0.29) is 12.0 Å². The van der Waals surface area contributed by atoms with E-state index in [2.05, 4.69) is 15.9 Å². The molecule has 0 heterocycles. The molecule has 88 valence electrons. The summed E-state index contributed by atoms with van der Waals surface area (Å²) in [7, 11) is -3.34. The van der Waals surface area contributed by atoms with Crippen molar-refractivity contribution in [1.29, 1.82) is 0 Å². The van der Waals surface area contributed by atoms with Crippen molar-refractivity contribution in [2.45, 2.75) is 18.3 Å². The van der Waals surface area contributed by atoms with Gasteiger partial charge in [0.05, 0.1) is 12.9 Å². The summed E-state index contributed by atoms with van der Waals surface area (Å²) < 4.78 is 27.8. The Hall–Kier alpha value is -0.390. The number of hydrogen-bond acceptors (Lipinski definition) is 3. The molecule has 1 aliphatic rings. The van der Waals surface area contributed by atoms with Gasteiger partial charge in [-0.3, -0.25) is 4.18 Å². The minimum absolute atomic E-state index is 0.0796. The van der Waals surface area contributed by atoms with Crippen molar-refractivity contribution in [2.24, 2.45) is 0 Å². The first-order chi connectivity index (χ1) is 7.41. The normalized spacial score (nSPS) is 18.4. The molecular formula is C11H13BrO3S. The van der Waals surface area contributed by atoms with Crippen molar-refractivity contribution < 1.29 is 12.6 Å². The zero-order valence-corrected chi connectivity index (χ0v) is 11.3. The first kappa shape index (κ1) is 12.1. The van der Waals surface area contributed by atoms with Gasteiger partial charge in [0.15, 0.2) is 0 Å². The van der Waals surface area contributed by atoms with Gasteiger partial charge in [0.25, 0.3) is 10.1 Å². The standard InChI is InChI=1S/C11H13BrO3S/c1-16(13,14)15-8-11(6-7-11)9-2-4-10(12)5-3-9/h2-5H,6-8H2,1H3. The van der Waals surface area contributed by atoms with Crippen LogP contribution in [0.2, 0.25) is 0 Å². The van der Waals surface area contributed by atoms with E-state index in [9.17, 15) is 8.42 Å². The summed E-state index contributed by atoms with van der Waals surface area (Å²) in [6, 6.07) is 7.97. The molecule has 0 unspecified atom stereocenters. The van der Waals surface area contributed by atoms with Crippen LogP contribution in [0.3, 0.4) is 0 Å². The third-order valence-electron chi connectivity index (χ3n) is 2.86. The average molecular weight is 305 g/mol. The summed E-state index contributed by atoms with van der Waals surface area (Å²) in [4.78, 5) is 0. The summed E-state index contributed by atoms with van der Waals surface area (Å²) >= 11 is 3.38. The summed E-state index contributed by atoms with van der Waals surface area (Å²) in [6.07, 6.45) is 3.07. The molecule has 5 heteroatoms. The zero-order chi connectivity index (χ0) is 11.8. The molecule has 0 bridgehead atoms. The topological polar surface area (TPSA) is 43.4 Å². The Morgan fingerprint density at radius 2 is 1.88 bits per heavy atom. The maximum atomic E-state index is 11.0. The van der Waals surface area contributed by atoms with E-state index >= 15 is 0 Å². The van der Waals surface area contributed by atoms with Crippen LogP contribution < -0.4 is 0 Å². The monoisotopic (exact) mass is 304 g/mol. The lowest BCUT2D eigenvalue weighted by Crippen LogP contribution is -2.18. The number of rotatable bonds is 4. The van der Waals surface area contributed by atoms with Gasteiger partial charge in [0.2, 0.25) is 0 Å². The van der Waals surface area contributed by atoms with Crippen molar-refractivity contribution in [2.75, 3.05) is 12.9 Å². The highest BCUT2D eigenvalue weighted by atomic mass is 79.9. The van der Waals surface area contributed by atoms with E-state index in [1.54, 1.807) is 0 Å². The van der Waals surface area contributed by atoms with E-state index in [0.29, 0.717) is 0 Å². The van der Waals surface area contributed by atoms with Crippen LogP contribution in [-0.2, 0) is 19.7 Å². The summed E-state index contributed by atoms with van der Waals surface area (Å²) in [5, 5.41) is 0. The SMILES string of the molecule is CS(=O)(=O)OCC1(c2ccc(Br)cc2)CC1. The highest BCUT2D eigenvalue weighted by Crippen LogP contribution is 2.48. The molecule has 1 fully saturated rings. The second-order valence-corrected chi connectivity index (χ2v) is 6.81. The number of hydrogen-bond donors (Lipinski definition) is 0. The molecule has 0 atom stereocenters. The molecule has 0 aliphatic heterocycles. The smallest absolute Gasteiger partial charge is 0.264 e. The summed E-state index contributed by atoms with van der Waals surface area (Å²) in [5.74, 6) is 0. The summed E-state index contributed by atoms with van der Waals surface area (Å²) in [6.45, 7) is 0.257. The first-order valence-corrected chi connectivity index (χ1v) is 7.63. The molecule has 2 rings (SSSR count). The lowest BCUT2D eigenvalue weighted by Gasteiger charge is -2.14. The van der Waals surface area contributed by atoms with Gasteiger partial charge < -0.3 is 0 Å². The lowest BCUT2D eigenvalue weighted by atomic mass is 9.97. The van der Waals surface area contributed by atoms with Crippen LogP contribution in [0.25, 0.3) is 0 Å². The van der Waals surface area contributed by atoms with E-state index in [0.717, 1.165) is 29.1 Å². The van der Waals surface area contributed by atoms with Gasteiger partial charge in [-0.2, -0.15) is 8.42 Å². The molecule has 1 aromatic rings. The Bertz CT molecular complexity index is 474. The molecule has 0 spiro atoms. The van der Waals surface area contributed by atoms with Gasteiger partial charge in [-0.15, -0.1) is 0 Å². The van der Waals surface area contributed by atoms with Crippen molar-refractivity contribution in [3.63, 3.8) is 0 Å². The molecule has 1 saturated carbocycles. The van der Waals surface area contributed by atoms with E-state index in [1.807, 2.05) is 24.3 Å². The third kappa shape index (κ3) is 2.84. The second-order valence-electron chi connectivity index (χ2n) is 4.25. The Morgan fingerprint density at radius 3 is 2.31 bits per heavy atom. The van der Waals surface area contributed by atoms with Crippen molar-refractivity contribution in [3.8, 4) is 0 Å². The molecular weight excluding hydrogens is 292 g/mol. The van der Waals surface area contributed by atoms with Gasteiger partial charge >= 0.3 is 0 Å². The second kappa shape index (κ2) is 4.13. The van der Waals surface area contributed by atoms with Gasteiger partial charge in [0, 0.05) is 9.89 Å². The van der Waals surface area contributed by atoms with Crippen molar-refractivity contribution >= 4 is 26.0 Å². The van der Waals surface area contributed by atoms with Crippen LogP contribution >= 0.6 is 15.9 Å². The molecule has 3 nitrogen and oxygen atoms in total. The van der Waals surface area contributed by atoms with Gasteiger partial charge in [-0.1, -0.05) is 28.1 Å². The van der Waals surface area contributed by atoms with E-state index < -0.39 is 10.1 Å². The van der Waals surface area contributed by atoms with E-state index in [4.69, 9.17) is 4.18 Å². The molecule has 0 aromatic heterocycles. The average Bonchev–Trinajstić information content (AvgIpc) is 2.96. The minimum Gasteiger partial charge on any atom is -0.269 e. The molecule has 1 aliphatic carbocycles.